The quantitative estimate of drug-likeness (QED) is 0.318. The molecule has 0 radical (unpaired) electrons. The minimum atomic E-state index is -4.63. The zero-order chi connectivity index (χ0) is 23.8. The van der Waals surface area contributed by atoms with Crippen LogP contribution in [0.25, 0.3) is 16.4 Å². The Balaban J connectivity index is 0.00000324. The van der Waals surface area contributed by atoms with Crippen molar-refractivity contribution in [2.75, 3.05) is 0 Å². The van der Waals surface area contributed by atoms with Gasteiger partial charge in [-0.1, -0.05) is 35.3 Å². The number of nitrogens with zero attached hydrogens (tertiary/aromatic N) is 4. The Morgan fingerprint density at radius 2 is 1.91 bits per heavy atom. The zero-order valence-electron chi connectivity index (χ0n) is 17.3. The second-order valence-electron chi connectivity index (χ2n) is 6.98. The highest BCUT2D eigenvalue weighted by molar-refractivity contribution is 7.59. The molecule has 13 heteroatoms. The fraction of sp³-hybridized carbons (Fsp3) is 0.143. The van der Waals surface area contributed by atoms with Crippen molar-refractivity contribution in [1.82, 2.24) is 25.1 Å². The van der Waals surface area contributed by atoms with Crippen molar-refractivity contribution in [3.05, 3.63) is 81.2 Å². The Bertz CT molecular complexity index is 1330. The van der Waals surface area contributed by atoms with Crippen molar-refractivity contribution in [3.63, 3.8) is 0 Å². The van der Waals surface area contributed by atoms with Crippen LogP contribution in [0.1, 0.15) is 34.7 Å². The van der Waals surface area contributed by atoms with Crippen LogP contribution < -0.4 is 5.32 Å². The maximum Gasteiger partial charge on any atom is 0.416 e. The number of benzene rings is 2. The van der Waals surface area contributed by atoms with E-state index in [4.69, 9.17) is 23.2 Å². The molecule has 4 aromatic rings. The number of amides is 1. The maximum absolute atomic E-state index is 13.1. The summed E-state index contributed by atoms with van der Waals surface area (Å²) in [6.45, 7) is 1.64. The fourth-order valence-electron chi connectivity index (χ4n) is 3.06. The van der Waals surface area contributed by atoms with E-state index in [0.29, 0.717) is 21.7 Å². The van der Waals surface area contributed by atoms with Gasteiger partial charge in [-0.05, 0) is 37.3 Å². The summed E-state index contributed by atoms with van der Waals surface area (Å²) in [5, 5.41) is 9.53. The van der Waals surface area contributed by atoms with Gasteiger partial charge in [0.15, 0.2) is 5.82 Å². The summed E-state index contributed by atoms with van der Waals surface area (Å²) in [5.41, 5.74) is 0.293. The number of carbonyl (C=O) groups is 1. The summed E-state index contributed by atoms with van der Waals surface area (Å²) < 4.78 is 40.6. The molecule has 0 aliphatic rings. The topological polar surface area (TPSA) is 72.7 Å². The van der Waals surface area contributed by atoms with Crippen molar-refractivity contribution in [1.29, 1.82) is 0 Å². The number of aromatic nitrogens is 4. The van der Waals surface area contributed by atoms with Crippen LogP contribution in [-0.4, -0.2) is 25.7 Å². The minimum Gasteiger partial charge on any atom is -0.342 e. The van der Waals surface area contributed by atoms with Crippen LogP contribution in [0.4, 0.5) is 13.2 Å². The Morgan fingerprint density at radius 3 is 2.62 bits per heavy atom. The molecule has 0 aliphatic heterocycles. The minimum absolute atomic E-state index is 0. The Morgan fingerprint density at radius 1 is 1.15 bits per heavy atom. The van der Waals surface area contributed by atoms with Gasteiger partial charge in [-0.3, -0.25) is 4.79 Å². The molecule has 1 atom stereocenters. The van der Waals surface area contributed by atoms with Crippen molar-refractivity contribution < 1.29 is 18.0 Å². The first-order valence-electron chi connectivity index (χ1n) is 9.42. The molecule has 1 amide bonds. The van der Waals surface area contributed by atoms with Crippen LogP contribution in [0.5, 0.6) is 0 Å². The predicted molar refractivity (Wildman–Crippen MR) is 130 cm³/mol. The molecule has 0 saturated heterocycles. The number of thiazole rings is 1. The van der Waals surface area contributed by atoms with Gasteiger partial charge in [0.05, 0.1) is 17.3 Å². The highest BCUT2D eigenvalue weighted by Gasteiger charge is 2.32. The number of rotatable bonds is 5. The second-order valence-corrected chi connectivity index (χ2v) is 8.69. The van der Waals surface area contributed by atoms with Crippen LogP contribution in [0.2, 0.25) is 10.0 Å². The molecule has 0 spiro atoms. The first-order valence-corrected chi connectivity index (χ1v) is 11.1. The smallest absolute Gasteiger partial charge is 0.342 e. The number of alkyl halides is 3. The number of halogens is 5. The van der Waals surface area contributed by atoms with Crippen LogP contribution in [0.3, 0.4) is 0 Å². The van der Waals surface area contributed by atoms with Crippen LogP contribution in [-0.2, 0) is 6.18 Å². The van der Waals surface area contributed by atoms with Gasteiger partial charge in [0.25, 0.3) is 5.91 Å². The third kappa shape index (κ3) is 5.72. The number of hydrogen-bond donors (Lipinski definition) is 1. The molecule has 0 unspecified atom stereocenters. The van der Waals surface area contributed by atoms with Crippen molar-refractivity contribution >= 4 is 53.9 Å². The molecule has 6 nitrogen and oxygen atoms in total. The third-order valence-electron chi connectivity index (χ3n) is 4.59. The normalized spacial score (nSPS) is 12.2. The molecule has 0 aliphatic carbocycles. The lowest BCUT2D eigenvalue weighted by atomic mass is 10.1. The lowest BCUT2D eigenvalue weighted by Crippen LogP contribution is -2.29. The summed E-state index contributed by atoms with van der Waals surface area (Å²) >= 11 is 13.1. The molecule has 34 heavy (non-hydrogen) atoms. The summed E-state index contributed by atoms with van der Waals surface area (Å²) in [6, 6.07) is 9.22. The average Bonchev–Trinajstić information content (AvgIpc) is 3.42. The summed E-state index contributed by atoms with van der Waals surface area (Å²) in [6.07, 6.45) is -3.32. The van der Waals surface area contributed by atoms with E-state index in [1.807, 2.05) is 17.5 Å². The van der Waals surface area contributed by atoms with Crippen LogP contribution in [0, 0.1) is 0 Å². The van der Waals surface area contributed by atoms with Crippen LogP contribution >= 0.6 is 48.0 Å². The highest BCUT2D eigenvalue weighted by atomic mass is 35.5. The van der Waals surface area contributed by atoms with Gasteiger partial charge in [-0.2, -0.15) is 36.4 Å². The van der Waals surface area contributed by atoms with Crippen molar-refractivity contribution in [2.24, 2.45) is 0 Å². The monoisotopic (exact) mass is 545 g/mol. The molecule has 0 bridgehead atoms. The van der Waals surface area contributed by atoms with E-state index in [9.17, 15) is 18.0 Å². The van der Waals surface area contributed by atoms with Gasteiger partial charge in [0.2, 0.25) is 5.13 Å². The lowest BCUT2D eigenvalue weighted by molar-refractivity contribution is -0.137. The molecular formula is C21H16Cl2F3N5OS2. The van der Waals surface area contributed by atoms with E-state index in [1.54, 1.807) is 19.1 Å². The molecule has 2 aromatic carbocycles. The van der Waals surface area contributed by atoms with E-state index in [1.165, 1.54) is 28.4 Å². The Kier molecular flexibility index (Phi) is 7.91. The first kappa shape index (κ1) is 26.0. The average molecular weight is 546 g/mol. The highest BCUT2D eigenvalue weighted by Crippen LogP contribution is 2.32. The van der Waals surface area contributed by atoms with Gasteiger partial charge < -0.3 is 5.32 Å². The molecule has 2 aromatic heterocycles. The fourth-order valence-corrected chi connectivity index (χ4v) is 4.29. The summed E-state index contributed by atoms with van der Waals surface area (Å²) in [5.74, 6) is -0.378. The maximum atomic E-state index is 13.1. The van der Waals surface area contributed by atoms with E-state index in [2.05, 4.69) is 20.4 Å². The number of nitrogens with one attached hydrogen (secondary N) is 1. The molecular weight excluding hydrogens is 530 g/mol. The van der Waals surface area contributed by atoms with E-state index >= 15 is 0 Å². The molecule has 178 valence electrons. The van der Waals surface area contributed by atoms with Gasteiger partial charge in [0.1, 0.15) is 6.33 Å². The third-order valence-corrected chi connectivity index (χ3v) is 5.86. The van der Waals surface area contributed by atoms with Gasteiger partial charge >= 0.3 is 6.18 Å². The summed E-state index contributed by atoms with van der Waals surface area (Å²) in [7, 11) is 0. The first-order chi connectivity index (χ1) is 15.6. The van der Waals surface area contributed by atoms with Crippen LogP contribution in [0.15, 0.2) is 54.2 Å². The standard InChI is InChI=1S/C21H14Cl2F3N5OS.H2S/c1-11(29-19(32)13-5-14(21(24,25)26)8-16(23)7-13)18-27-10-28-31(18)20-30-17(9-33-20)12-3-2-4-15(22)6-12;/h2-11H,1H3,(H,29,32);1H2/t11-;/m0./s1. The lowest BCUT2D eigenvalue weighted by Gasteiger charge is -2.15. The molecule has 1 N–H and O–H groups in total. The van der Waals surface area contributed by atoms with E-state index < -0.39 is 23.7 Å². The molecule has 2 heterocycles. The largest absolute Gasteiger partial charge is 0.416 e. The van der Waals surface area contributed by atoms with Gasteiger partial charge in [-0.15, -0.1) is 11.3 Å². The van der Waals surface area contributed by atoms with E-state index in [-0.39, 0.29) is 24.1 Å². The Hall–Kier alpha value is -2.60. The van der Waals surface area contributed by atoms with Crippen molar-refractivity contribution in [2.45, 2.75) is 19.1 Å². The molecule has 0 saturated carbocycles. The summed E-state index contributed by atoms with van der Waals surface area (Å²) in [4.78, 5) is 21.4. The van der Waals surface area contributed by atoms with Crippen molar-refractivity contribution in [3.8, 4) is 16.4 Å². The SMILES string of the molecule is C[C@H](NC(=O)c1cc(Cl)cc(C(F)(F)F)c1)c1ncnn1-c1nc(-c2cccc(Cl)c2)cs1.S. The molecule has 0 fully saturated rings. The Labute approximate surface area is 213 Å². The number of hydrogen-bond acceptors (Lipinski definition) is 5. The van der Waals surface area contributed by atoms with E-state index in [0.717, 1.165) is 17.7 Å². The molecule has 4 rings (SSSR count). The predicted octanol–water partition coefficient (Wildman–Crippen LogP) is 6.32. The van der Waals surface area contributed by atoms with Gasteiger partial charge in [-0.25, -0.2) is 9.97 Å². The second kappa shape index (κ2) is 10.3. The number of carbonyl (C=O) groups excluding carboxylic acids is 1. The zero-order valence-corrected chi connectivity index (χ0v) is 20.6. The van der Waals surface area contributed by atoms with Gasteiger partial charge in [0, 0.05) is 26.6 Å².